The largest absolute Gasteiger partial charge is 0.397 e. The maximum absolute atomic E-state index is 13.1. The normalized spacial score (nSPS) is 51.1. The molecule has 14 N–H and O–H groups in total. The Morgan fingerprint density at radius 3 is 1.69 bits per heavy atom. The first kappa shape index (κ1) is 68.5. The van der Waals surface area contributed by atoms with Crippen LogP contribution in [-0.2, 0) is 66.7 Å². The highest BCUT2D eigenvalue weighted by molar-refractivity contribution is 7.80. The topological polar surface area (TPSA) is 436 Å². The third-order valence-electron chi connectivity index (χ3n) is 20.3. The van der Waals surface area contributed by atoms with Crippen LogP contribution in [0.3, 0.4) is 0 Å². The molecule has 29 heteroatoms. The van der Waals surface area contributed by atoms with Crippen LogP contribution in [0.4, 0.5) is 0 Å². The highest BCUT2D eigenvalue weighted by Gasteiger charge is 2.63. The van der Waals surface area contributed by atoms with Crippen molar-refractivity contribution in [2.75, 3.05) is 13.2 Å². The molecule has 33 atom stereocenters. The predicted molar refractivity (Wildman–Crippen MR) is 290 cm³/mol. The second-order valence-corrected chi connectivity index (χ2v) is 27.4. The summed E-state index contributed by atoms with van der Waals surface area (Å²) in [6, 6.07) is 0. The number of fused-ring (bicyclic) bond motifs is 5. The Hall–Kier alpha value is -1.90. The second-order valence-electron chi connectivity index (χ2n) is 26.4. The van der Waals surface area contributed by atoms with Gasteiger partial charge in [-0.25, -0.2) is 4.18 Å². The van der Waals surface area contributed by atoms with Gasteiger partial charge in [0.25, 0.3) is 0 Å². The molecule has 494 valence electrons. The second kappa shape index (κ2) is 27.0. The van der Waals surface area contributed by atoms with E-state index in [0.717, 1.165) is 24.8 Å². The van der Waals surface area contributed by atoms with E-state index in [9.17, 15) is 84.1 Å². The lowest BCUT2D eigenvalue weighted by molar-refractivity contribution is -0.409. The SMILES string of the molecule is C/C(=C/C(=O)CC(C)C)[C@H]1CC[C@H]2[C@@H]3C[C@H](O[C@@H]4O[C@H](C)[C@@H](O)[C@H](O[C@@H]5O[C@H](CO)[C@@H](O[C@@H]6O[C@H](CO)[C@@H](O)[C@H](O)[C@H]6O[C@@H]6O[C@H](C)[C@@H](O)[C@H](O)[C@H]6O)[C@H](O)[C@H]5O[C@@H]5O[C@H](C)[C@@H](O)[C@H](O)[C@H]5O)[C@H]4O)[C@H]4CC(OS(=O)(=O)O)CC[C@]4(C)C3=CC[C@]12C. The van der Waals surface area contributed by atoms with Gasteiger partial charge in [-0.1, -0.05) is 44.9 Å². The number of ether oxygens (including phenoxy) is 10. The molecule has 9 rings (SSSR count). The summed E-state index contributed by atoms with van der Waals surface area (Å²) in [4.78, 5) is 13.1. The van der Waals surface area contributed by atoms with Gasteiger partial charge in [0, 0.05) is 6.42 Å². The zero-order valence-electron chi connectivity index (χ0n) is 49.6. The van der Waals surface area contributed by atoms with Crippen molar-refractivity contribution in [3.63, 3.8) is 0 Å². The van der Waals surface area contributed by atoms with E-state index in [1.807, 2.05) is 20.8 Å². The van der Waals surface area contributed by atoms with Gasteiger partial charge < -0.3 is 114 Å². The highest BCUT2D eigenvalue weighted by atomic mass is 32.3. The van der Waals surface area contributed by atoms with Crippen LogP contribution in [0, 0.1) is 40.4 Å². The van der Waals surface area contributed by atoms with Gasteiger partial charge in [0.2, 0.25) is 0 Å². The van der Waals surface area contributed by atoms with E-state index in [0.29, 0.717) is 19.3 Å². The number of hydrogen-bond donors (Lipinski definition) is 14. The number of rotatable bonds is 18. The average Bonchev–Trinajstić information content (AvgIpc) is 1.27. The summed E-state index contributed by atoms with van der Waals surface area (Å²) in [6.45, 7) is 12.6. The fourth-order valence-electron chi connectivity index (χ4n) is 15.6. The van der Waals surface area contributed by atoms with Crippen LogP contribution < -0.4 is 0 Å². The van der Waals surface area contributed by atoms with Gasteiger partial charge in [0.1, 0.15) is 104 Å². The van der Waals surface area contributed by atoms with Gasteiger partial charge in [-0.15, -0.1) is 0 Å². The van der Waals surface area contributed by atoms with E-state index in [1.54, 1.807) is 6.08 Å². The van der Waals surface area contributed by atoms with Gasteiger partial charge >= 0.3 is 10.4 Å². The molecule has 4 aliphatic carbocycles. The zero-order chi connectivity index (χ0) is 63.0. The summed E-state index contributed by atoms with van der Waals surface area (Å²) in [5.41, 5.74) is 1.34. The van der Waals surface area contributed by atoms with Crippen molar-refractivity contribution in [3.05, 3.63) is 23.3 Å². The van der Waals surface area contributed by atoms with Crippen LogP contribution in [-0.4, -0.2) is 264 Å². The van der Waals surface area contributed by atoms with Gasteiger partial charge in [0.15, 0.2) is 37.2 Å². The number of carbonyl (C=O) groups is 1. The molecular weight excluding hydrogens is 1160 g/mol. The molecule has 0 radical (unpaired) electrons. The average molecular weight is 1260 g/mol. The van der Waals surface area contributed by atoms with E-state index in [2.05, 4.69) is 19.9 Å². The van der Waals surface area contributed by atoms with E-state index in [4.69, 9.17) is 51.6 Å². The van der Waals surface area contributed by atoms with Crippen molar-refractivity contribution in [1.29, 1.82) is 0 Å². The first-order valence-corrected chi connectivity index (χ1v) is 31.5. The van der Waals surface area contributed by atoms with Crippen molar-refractivity contribution in [1.82, 2.24) is 0 Å². The minimum Gasteiger partial charge on any atom is -0.394 e. The lowest BCUT2D eigenvalue weighted by Gasteiger charge is -2.59. The first-order valence-electron chi connectivity index (χ1n) is 30.1. The molecule has 5 aliphatic heterocycles. The van der Waals surface area contributed by atoms with Crippen LogP contribution in [0.5, 0.6) is 0 Å². The van der Waals surface area contributed by atoms with Crippen molar-refractivity contribution in [2.24, 2.45) is 40.4 Å². The molecule has 5 saturated heterocycles. The Bertz CT molecular complexity index is 2490. The van der Waals surface area contributed by atoms with E-state index < -0.39 is 201 Å². The Morgan fingerprint density at radius 1 is 0.605 bits per heavy atom. The Balaban J connectivity index is 1.01. The van der Waals surface area contributed by atoms with Crippen molar-refractivity contribution < 1.29 is 136 Å². The number of hydrogen-bond acceptors (Lipinski definition) is 27. The lowest BCUT2D eigenvalue weighted by Crippen LogP contribution is -2.69. The van der Waals surface area contributed by atoms with E-state index in [1.165, 1.54) is 26.3 Å². The van der Waals surface area contributed by atoms with Gasteiger partial charge in [-0.2, -0.15) is 8.42 Å². The standard InChI is InChI=1S/C57H92O28S/c1-21(2)15-26(60)16-22(3)29-9-10-30-28-18-33(32-17-27(85-86(72,73)74)11-13-57(32,8)31(28)12-14-56(29,30)7)78-53-46(71)48(38(63)25(6)77-53)82-55-50(84-52-44(69)41(66)37(62)24(5)76-52)45(70)47(35(20-59)80-55)81-54-49(42(67)39(64)34(19-58)79-54)83-51-43(68)40(65)36(61)23(4)75-51/h12,16,21,23-25,27-30,32-55,58-59,61-71H,9-11,13-15,17-20H2,1-8H3,(H,72,73,74)/b22-16-/t23-,24-,25-,27?,28+,29-,30+,32-,33+,34-,35-,36-,37-,38-,39-,40+,41+,42+,43-,44-,45+,46-,47-,48+,49-,50-,51+,52+,53+,54+,55+,56-,57-/m1/s1. The molecule has 0 aromatic carbocycles. The molecule has 86 heavy (non-hydrogen) atoms. The van der Waals surface area contributed by atoms with Gasteiger partial charge in [-0.3, -0.25) is 9.35 Å². The smallest absolute Gasteiger partial charge is 0.394 e. The fraction of sp³-hybridized carbons (Fsp3) is 0.912. The number of carbonyl (C=O) groups excluding carboxylic acids is 1. The highest BCUT2D eigenvalue weighted by Crippen LogP contribution is 2.67. The molecule has 0 spiro atoms. The summed E-state index contributed by atoms with van der Waals surface area (Å²) < 4.78 is 101. The van der Waals surface area contributed by atoms with Crippen LogP contribution in [0.2, 0.25) is 0 Å². The van der Waals surface area contributed by atoms with Crippen molar-refractivity contribution in [2.45, 2.75) is 272 Å². The molecule has 0 amide bonds. The summed E-state index contributed by atoms with van der Waals surface area (Å²) in [7, 11) is -4.88. The molecule has 28 nitrogen and oxygen atoms in total. The van der Waals surface area contributed by atoms with Crippen LogP contribution in [0.1, 0.15) is 107 Å². The molecule has 0 aromatic heterocycles. The molecule has 8 fully saturated rings. The summed E-state index contributed by atoms with van der Waals surface area (Å²) in [5.74, 6) is -0.0966. The molecular formula is C57H92O28S. The summed E-state index contributed by atoms with van der Waals surface area (Å²) in [5, 5.41) is 145. The zero-order valence-corrected chi connectivity index (χ0v) is 50.4. The van der Waals surface area contributed by atoms with Gasteiger partial charge in [-0.05, 0) is 119 Å². The minimum atomic E-state index is -4.88. The van der Waals surface area contributed by atoms with E-state index >= 15 is 0 Å². The Labute approximate surface area is 499 Å². The maximum atomic E-state index is 13.1. The number of aliphatic hydroxyl groups excluding tert-OH is 13. The predicted octanol–water partition coefficient (Wildman–Crippen LogP) is -2.51. The Morgan fingerprint density at radius 2 is 1.13 bits per heavy atom. The number of aliphatic hydroxyl groups is 13. The van der Waals surface area contributed by atoms with Crippen LogP contribution in [0.15, 0.2) is 23.3 Å². The molecule has 3 saturated carbocycles. The summed E-state index contributed by atoms with van der Waals surface area (Å²) >= 11 is 0. The van der Waals surface area contributed by atoms with E-state index in [-0.39, 0.29) is 47.7 Å². The molecule has 9 aliphatic rings. The molecule has 0 bridgehead atoms. The number of ketones is 1. The fourth-order valence-corrected chi connectivity index (χ4v) is 16.1. The van der Waals surface area contributed by atoms with Crippen molar-refractivity contribution >= 4 is 16.2 Å². The Kier molecular flexibility index (Phi) is 21.5. The van der Waals surface area contributed by atoms with Crippen LogP contribution in [0.25, 0.3) is 0 Å². The number of allylic oxidation sites excluding steroid dienone is 4. The molecule has 5 heterocycles. The molecule has 0 aromatic rings. The van der Waals surface area contributed by atoms with Crippen LogP contribution >= 0.6 is 0 Å². The van der Waals surface area contributed by atoms with Crippen molar-refractivity contribution in [3.8, 4) is 0 Å². The lowest BCUT2D eigenvalue weighted by atomic mass is 9.48. The van der Waals surface area contributed by atoms with Gasteiger partial charge in [0.05, 0.1) is 43.7 Å². The minimum absolute atomic E-state index is 0.0724. The monoisotopic (exact) mass is 1260 g/mol. The third kappa shape index (κ3) is 13.5. The quantitative estimate of drug-likeness (QED) is 0.0383. The summed E-state index contributed by atoms with van der Waals surface area (Å²) in [6.07, 6.45) is -38.0. The maximum Gasteiger partial charge on any atom is 0.397 e. The molecule has 1 unspecified atom stereocenters. The first-order chi connectivity index (χ1) is 40.3. The third-order valence-corrected chi connectivity index (χ3v) is 20.8.